The summed E-state index contributed by atoms with van der Waals surface area (Å²) >= 11 is 0. The molecule has 4 nitrogen and oxygen atoms in total. The summed E-state index contributed by atoms with van der Waals surface area (Å²) < 4.78 is 4.91. The third-order valence-electron chi connectivity index (χ3n) is 1.35. The molecular formula is C7H9NO3. The van der Waals surface area contributed by atoms with Gasteiger partial charge in [-0.3, -0.25) is 0 Å². The first-order chi connectivity index (χ1) is 5.25. The molecule has 11 heavy (non-hydrogen) atoms. The van der Waals surface area contributed by atoms with Crippen molar-refractivity contribution in [2.24, 2.45) is 5.73 Å². The second-order valence-electron chi connectivity index (χ2n) is 2.10. The van der Waals surface area contributed by atoms with Gasteiger partial charge in [0.2, 0.25) is 0 Å². The highest BCUT2D eigenvalue weighted by atomic mass is 16.4. The second-order valence-corrected chi connectivity index (χ2v) is 2.10. The van der Waals surface area contributed by atoms with Crippen LogP contribution in [-0.2, 0) is 6.42 Å². The normalized spacial score (nSPS) is 9.91. The van der Waals surface area contributed by atoms with Crippen LogP contribution in [0.3, 0.4) is 0 Å². The first kappa shape index (κ1) is 7.81. The summed E-state index contributed by atoms with van der Waals surface area (Å²) in [5.41, 5.74) is 5.44. The predicted octanol–water partition coefficient (Wildman–Crippen LogP) is 0.479. The van der Waals surface area contributed by atoms with Crippen LogP contribution in [0.2, 0.25) is 0 Å². The van der Waals surface area contributed by atoms with Crippen molar-refractivity contribution >= 4 is 5.97 Å². The van der Waals surface area contributed by atoms with Gasteiger partial charge in [-0.25, -0.2) is 4.79 Å². The van der Waals surface area contributed by atoms with Crippen molar-refractivity contribution in [2.45, 2.75) is 6.42 Å². The number of carbonyl (C=O) groups is 1. The van der Waals surface area contributed by atoms with E-state index >= 15 is 0 Å². The largest absolute Gasteiger partial charge is 0.478 e. The molecular weight excluding hydrogens is 146 g/mol. The fraction of sp³-hybridized carbons (Fsp3) is 0.286. The summed E-state index contributed by atoms with van der Waals surface area (Å²) in [4.78, 5) is 10.5. The minimum atomic E-state index is -0.970. The van der Waals surface area contributed by atoms with E-state index in [1.807, 2.05) is 0 Å². The summed E-state index contributed by atoms with van der Waals surface area (Å²) in [6.45, 7) is 0.397. The molecule has 0 radical (unpaired) electrons. The maximum absolute atomic E-state index is 10.5. The summed E-state index contributed by atoms with van der Waals surface area (Å²) in [6.07, 6.45) is 1.82. The second kappa shape index (κ2) is 3.21. The van der Waals surface area contributed by atoms with E-state index in [1.54, 1.807) is 0 Å². The lowest BCUT2D eigenvalue weighted by Gasteiger charge is -1.93. The van der Waals surface area contributed by atoms with E-state index in [9.17, 15) is 4.79 Å². The molecule has 0 fully saturated rings. The van der Waals surface area contributed by atoms with Crippen molar-refractivity contribution in [1.82, 2.24) is 0 Å². The predicted molar refractivity (Wildman–Crippen MR) is 38.4 cm³/mol. The smallest absolute Gasteiger partial charge is 0.339 e. The van der Waals surface area contributed by atoms with Gasteiger partial charge in [0.25, 0.3) is 0 Å². The summed E-state index contributed by atoms with van der Waals surface area (Å²) in [5, 5.41) is 8.58. The van der Waals surface area contributed by atoms with E-state index in [0.717, 1.165) is 0 Å². The highest BCUT2D eigenvalue weighted by Crippen LogP contribution is 2.10. The van der Waals surface area contributed by atoms with Crippen molar-refractivity contribution in [1.29, 1.82) is 0 Å². The number of furan rings is 1. The summed E-state index contributed by atoms with van der Waals surface area (Å²) in [7, 11) is 0. The van der Waals surface area contributed by atoms with Crippen LogP contribution in [0.5, 0.6) is 0 Å². The number of carboxylic acids is 1. The van der Waals surface area contributed by atoms with Crippen LogP contribution < -0.4 is 5.73 Å². The Morgan fingerprint density at radius 3 is 3.00 bits per heavy atom. The molecule has 1 aromatic heterocycles. The Morgan fingerprint density at radius 1 is 1.73 bits per heavy atom. The SMILES string of the molecule is NCCc1occc1C(=O)O. The van der Waals surface area contributed by atoms with E-state index in [1.165, 1.54) is 12.3 Å². The van der Waals surface area contributed by atoms with Crippen molar-refractivity contribution < 1.29 is 14.3 Å². The van der Waals surface area contributed by atoms with E-state index in [2.05, 4.69) is 0 Å². The molecule has 0 unspecified atom stereocenters. The molecule has 0 aliphatic rings. The standard InChI is InChI=1S/C7H9NO3/c8-3-1-6-5(7(9)10)2-4-11-6/h2,4H,1,3,8H2,(H,9,10). The van der Waals surface area contributed by atoms with Gasteiger partial charge >= 0.3 is 5.97 Å². The minimum absolute atomic E-state index is 0.204. The van der Waals surface area contributed by atoms with Crippen LogP contribution in [0.1, 0.15) is 16.1 Å². The monoisotopic (exact) mass is 155 g/mol. The molecule has 0 spiro atoms. The third kappa shape index (κ3) is 1.59. The minimum Gasteiger partial charge on any atom is -0.478 e. The molecule has 0 aliphatic carbocycles. The summed E-state index contributed by atoms with van der Waals surface area (Å²) in [6, 6.07) is 1.42. The number of nitrogens with two attached hydrogens (primary N) is 1. The fourth-order valence-corrected chi connectivity index (χ4v) is 0.856. The zero-order valence-electron chi connectivity index (χ0n) is 5.91. The molecule has 0 aromatic carbocycles. The van der Waals surface area contributed by atoms with Crippen molar-refractivity contribution in [3.8, 4) is 0 Å². The van der Waals surface area contributed by atoms with Crippen LogP contribution in [0.4, 0.5) is 0 Å². The van der Waals surface area contributed by atoms with Gasteiger partial charge < -0.3 is 15.3 Å². The molecule has 0 amide bonds. The molecule has 1 heterocycles. The van der Waals surface area contributed by atoms with Crippen molar-refractivity contribution in [2.75, 3.05) is 6.54 Å². The van der Waals surface area contributed by atoms with Gasteiger partial charge in [-0.15, -0.1) is 0 Å². The molecule has 0 saturated carbocycles. The molecule has 60 valence electrons. The molecule has 0 atom stereocenters. The van der Waals surface area contributed by atoms with Crippen LogP contribution in [-0.4, -0.2) is 17.6 Å². The van der Waals surface area contributed by atoms with Gasteiger partial charge in [-0.1, -0.05) is 0 Å². The van der Waals surface area contributed by atoms with Crippen LogP contribution in [0, 0.1) is 0 Å². The van der Waals surface area contributed by atoms with E-state index in [-0.39, 0.29) is 5.56 Å². The van der Waals surface area contributed by atoms with Gasteiger partial charge in [-0.2, -0.15) is 0 Å². The van der Waals surface area contributed by atoms with Gasteiger partial charge in [0.05, 0.1) is 6.26 Å². The maximum atomic E-state index is 10.5. The highest BCUT2D eigenvalue weighted by molar-refractivity contribution is 5.88. The van der Waals surface area contributed by atoms with E-state index < -0.39 is 5.97 Å². The quantitative estimate of drug-likeness (QED) is 0.665. The molecule has 0 aliphatic heterocycles. The van der Waals surface area contributed by atoms with Gasteiger partial charge in [0, 0.05) is 6.42 Å². The maximum Gasteiger partial charge on any atom is 0.339 e. The number of carboxylic acid groups (broad SMARTS) is 1. The zero-order chi connectivity index (χ0) is 8.27. The third-order valence-corrected chi connectivity index (χ3v) is 1.35. The Labute approximate surface area is 63.6 Å². The van der Waals surface area contributed by atoms with Crippen molar-refractivity contribution in [3.05, 3.63) is 23.7 Å². The van der Waals surface area contributed by atoms with Crippen LogP contribution >= 0.6 is 0 Å². The molecule has 3 N–H and O–H groups in total. The fourth-order valence-electron chi connectivity index (χ4n) is 0.856. The Kier molecular flexibility index (Phi) is 2.28. The van der Waals surface area contributed by atoms with Gasteiger partial charge in [0.15, 0.2) is 0 Å². The highest BCUT2D eigenvalue weighted by Gasteiger charge is 2.11. The molecule has 4 heteroatoms. The number of aromatic carboxylic acids is 1. The van der Waals surface area contributed by atoms with Crippen molar-refractivity contribution in [3.63, 3.8) is 0 Å². The number of hydrogen-bond donors (Lipinski definition) is 2. The van der Waals surface area contributed by atoms with E-state index in [0.29, 0.717) is 18.7 Å². The Bertz CT molecular complexity index is 254. The van der Waals surface area contributed by atoms with E-state index in [4.69, 9.17) is 15.3 Å². The van der Waals surface area contributed by atoms with Crippen LogP contribution in [0.25, 0.3) is 0 Å². The average Bonchev–Trinajstić information content (AvgIpc) is 2.36. The number of rotatable bonds is 3. The molecule has 0 bridgehead atoms. The number of hydrogen-bond acceptors (Lipinski definition) is 3. The Morgan fingerprint density at radius 2 is 2.45 bits per heavy atom. The topological polar surface area (TPSA) is 76.5 Å². The lowest BCUT2D eigenvalue weighted by atomic mass is 10.2. The molecule has 0 saturated heterocycles. The Hall–Kier alpha value is -1.29. The van der Waals surface area contributed by atoms with Gasteiger partial charge in [-0.05, 0) is 12.6 Å². The zero-order valence-corrected chi connectivity index (χ0v) is 5.91. The van der Waals surface area contributed by atoms with Gasteiger partial charge in [0.1, 0.15) is 11.3 Å². The van der Waals surface area contributed by atoms with Crippen LogP contribution in [0.15, 0.2) is 16.7 Å². The lowest BCUT2D eigenvalue weighted by Crippen LogP contribution is -2.06. The average molecular weight is 155 g/mol. The summed E-state index contributed by atoms with van der Waals surface area (Å²) in [5.74, 6) is -0.526. The Balaban J connectivity index is 2.87. The lowest BCUT2D eigenvalue weighted by molar-refractivity contribution is 0.0694. The molecule has 1 rings (SSSR count). The first-order valence-electron chi connectivity index (χ1n) is 3.25. The molecule has 1 aromatic rings. The first-order valence-corrected chi connectivity index (χ1v) is 3.25.